The third-order valence-electron chi connectivity index (χ3n) is 1.73. The quantitative estimate of drug-likeness (QED) is 0.535. The third-order valence-corrected chi connectivity index (χ3v) is 1.73. The molecule has 0 atom stereocenters. The van der Waals surface area contributed by atoms with E-state index in [9.17, 15) is 0 Å². The lowest BCUT2D eigenvalue weighted by Gasteiger charge is -2.21. The fourth-order valence-electron chi connectivity index (χ4n) is 1.28. The summed E-state index contributed by atoms with van der Waals surface area (Å²) in [6.45, 7) is 8.01. The van der Waals surface area contributed by atoms with Gasteiger partial charge in [-0.25, -0.2) is 4.58 Å². The van der Waals surface area contributed by atoms with E-state index in [0.717, 1.165) is 5.70 Å². The molecular formula is C10H15N2+. The van der Waals surface area contributed by atoms with Crippen molar-refractivity contribution >= 4 is 6.21 Å². The van der Waals surface area contributed by atoms with Gasteiger partial charge in [0.1, 0.15) is 12.7 Å². The lowest BCUT2D eigenvalue weighted by atomic mass is 10.3. The van der Waals surface area contributed by atoms with E-state index in [1.165, 1.54) is 5.70 Å². The van der Waals surface area contributed by atoms with Gasteiger partial charge in [0.25, 0.3) is 0 Å². The van der Waals surface area contributed by atoms with Crippen LogP contribution in [0.3, 0.4) is 0 Å². The second kappa shape index (κ2) is 3.39. The van der Waals surface area contributed by atoms with Crippen LogP contribution in [0.5, 0.6) is 0 Å². The molecule has 0 spiro atoms. The van der Waals surface area contributed by atoms with Crippen molar-refractivity contribution in [3.8, 4) is 0 Å². The van der Waals surface area contributed by atoms with E-state index < -0.39 is 0 Å². The van der Waals surface area contributed by atoms with Crippen molar-refractivity contribution in [3.63, 3.8) is 0 Å². The van der Waals surface area contributed by atoms with E-state index >= 15 is 0 Å². The molecule has 0 aromatic heterocycles. The molecule has 2 nitrogen and oxygen atoms in total. The predicted octanol–water partition coefficient (Wildman–Crippen LogP) is 1.92. The summed E-state index contributed by atoms with van der Waals surface area (Å²) in [7, 11) is 2.00. The maximum Gasteiger partial charge on any atom is 0.192 e. The van der Waals surface area contributed by atoms with Gasteiger partial charge >= 0.3 is 0 Å². The molecule has 0 bridgehead atoms. The van der Waals surface area contributed by atoms with Crippen molar-refractivity contribution in [1.29, 1.82) is 0 Å². The second-order valence-electron chi connectivity index (χ2n) is 2.91. The molecule has 0 N–H and O–H groups in total. The highest BCUT2D eigenvalue weighted by molar-refractivity contribution is 5.74. The molecule has 0 saturated carbocycles. The average molecular weight is 163 g/mol. The Morgan fingerprint density at radius 2 is 2.25 bits per heavy atom. The van der Waals surface area contributed by atoms with Crippen LogP contribution >= 0.6 is 0 Å². The van der Waals surface area contributed by atoms with Gasteiger partial charge in [0.2, 0.25) is 0 Å². The van der Waals surface area contributed by atoms with Gasteiger partial charge in [0.05, 0.1) is 5.70 Å². The van der Waals surface area contributed by atoms with Crippen LogP contribution in [0.1, 0.15) is 13.8 Å². The van der Waals surface area contributed by atoms with Gasteiger partial charge < -0.3 is 4.90 Å². The molecule has 0 amide bonds. The summed E-state index contributed by atoms with van der Waals surface area (Å²) >= 11 is 0. The molecular weight excluding hydrogens is 148 g/mol. The van der Waals surface area contributed by atoms with Crippen molar-refractivity contribution < 1.29 is 4.58 Å². The Labute approximate surface area is 73.8 Å². The van der Waals surface area contributed by atoms with Gasteiger partial charge in [0, 0.05) is 6.20 Å². The first kappa shape index (κ1) is 8.78. The highest BCUT2D eigenvalue weighted by Crippen LogP contribution is 2.13. The van der Waals surface area contributed by atoms with Gasteiger partial charge in [-0.15, -0.1) is 0 Å². The SMILES string of the molecule is C=C1C=[N+](C)C=C(C)N1C=CC. The number of hydrogen-bond donors (Lipinski definition) is 0. The zero-order valence-corrected chi connectivity index (χ0v) is 7.91. The Kier molecular flexibility index (Phi) is 2.48. The van der Waals surface area contributed by atoms with E-state index in [-0.39, 0.29) is 0 Å². The molecule has 1 aliphatic heterocycles. The summed E-state index contributed by atoms with van der Waals surface area (Å²) in [5, 5.41) is 0. The molecule has 0 aromatic carbocycles. The zero-order valence-electron chi connectivity index (χ0n) is 7.91. The molecule has 0 radical (unpaired) electrons. The van der Waals surface area contributed by atoms with Crippen LogP contribution in [0.15, 0.2) is 36.4 Å². The molecule has 2 heteroatoms. The molecule has 0 saturated heterocycles. The molecule has 1 heterocycles. The Morgan fingerprint density at radius 1 is 1.58 bits per heavy atom. The van der Waals surface area contributed by atoms with Crippen LogP contribution in [0.2, 0.25) is 0 Å². The fourth-order valence-corrected chi connectivity index (χ4v) is 1.28. The van der Waals surface area contributed by atoms with Crippen molar-refractivity contribution in [1.82, 2.24) is 4.90 Å². The van der Waals surface area contributed by atoms with Crippen LogP contribution in [0, 0.1) is 0 Å². The first-order valence-corrected chi connectivity index (χ1v) is 4.01. The lowest BCUT2D eigenvalue weighted by Crippen LogP contribution is -2.22. The van der Waals surface area contributed by atoms with E-state index in [1.54, 1.807) is 0 Å². The highest BCUT2D eigenvalue weighted by Gasteiger charge is 2.14. The molecule has 1 rings (SSSR count). The van der Waals surface area contributed by atoms with Gasteiger partial charge in [-0.2, -0.15) is 0 Å². The Bertz CT molecular complexity index is 282. The van der Waals surface area contributed by atoms with Crippen molar-refractivity contribution in [2.45, 2.75) is 13.8 Å². The molecule has 0 aliphatic carbocycles. The summed E-state index contributed by atoms with van der Waals surface area (Å²) in [6, 6.07) is 0. The van der Waals surface area contributed by atoms with Crippen molar-refractivity contribution in [3.05, 3.63) is 36.4 Å². The van der Waals surface area contributed by atoms with Gasteiger partial charge in [-0.3, -0.25) is 0 Å². The first-order chi connectivity index (χ1) is 5.65. The van der Waals surface area contributed by atoms with Gasteiger partial charge in [0.15, 0.2) is 12.4 Å². The van der Waals surface area contributed by atoms with Crippen LogP contribution in [-0.2, 0) is 0 Å². The maximum atomic E-state index is 3.95. The van der Waals surface area contributed by atoms with Crippen LogP contribution in [0.4, 0.5) is 0 Å². The van der Waals surface area contributed by atoms with Gasteiger partial charge in [-0.05, 0) is 13.8 Å². The molecule has 1 aliphatic rings. The topological polar surface area (TPSA) is 6.25 Å². The van der Waals surface area contributed by atoms with E-state index in [0.29, 0.717) is 0 Å². The van der Waals surface area contributed by atoms with Gasteiger partial charge in [-0.1, -0.05) is 12.7 Å². The predicted molar refractivity (Wildman–Crippen MR) is 51.8 cm³/mol. The summed E-state index contributed by atoms with van der Waals surface area (Å²) in [5.41, 5.74) is 2.18. The van der Waals surface area contributed by atoms with Crippen LogP contribution < -0.4 is 0 Å². The standard InChI is InChI=1S/C10H15N2/c1-5-6-12-9(2)7-11(4)8-10(12)3/h5-8H,2H2,1,3-4H3/q+1. The number of nitrogens with zero attached hydrogens (tertiary/aromatic N) is 2. The van der Waals surface area contributed by atoms with Crippen molar-refractivity contribution in [2.75, 3.05) is 7.05 Å². The molecule has 12 heavy (non-hydrogen) atoms. The minimum atomic E-state index is 0.996. The number of allylic oxidation sites excluding steroid dienone is 3. The highest BCUT2D eigenvalue weighted by atomic mass is 15.2. The Balaban J connectivity index is 2.94. The maximum absolute atomic E-state index is 3.95. The van der Waals surface area contributed by atoms with E-state index in [4.69, 9.17) is 0 Å². The smallest absolute Gasteiger partial charge is 0.192 e. The minimum Gasteiger partial charge on any atom is -0.311 e. The number of hydrogen-bond acceptors (Lipinski definition) is 1. The second-order valence-corrected chi connectivity index (χ2v) is 2.91. The first-order valence-electron chi connectivity index (χ1n) is 4.01. The number of rotatable bonds is 1. The molecule has 0 fully saturated rings. The summed E-state index contributed by atoms with van der Waals surface area (Å²) in [4.78, 5) is 2.06. The lowest BCUT2D eigenvalue weighted by molar-refractivity contribution is -0.420. The van der Waals surface area contributed by atoms with E-state index in [1.807, 2.05) is 37.0 Å². The average Bonchev–Trinajstić information content (AvgIpc) is 1.96. The zero-order chi connectivity index (χ0) is 9.14. The normalized spacial score (nSPS) is 18.2. The fraction of sp³-hybridized carbons (Fsp3) is 0.300. The summed E-state index contributed by atoms with van der Waals surface area (Å²) in [5.74, 6) is 0. The third kappa shape index (κ3) is 1.64. The summed E-state index contributed by atoms with van der Waals surface area (Å²) in [6.07, 6.45) is 8.07. The minimum absolute atomic E-state index is 0.996. The Hall–Kier alpha value is -1.31. The van der Waals surface area contributed by atoms with Crippen LogP contribution in [0.25, 0.3) is 0 Å². The molecule has 64 valence electrons. The summed E-state index contributed by atoms with van der Waals surface area (Å²) < 4.78 is 2.01. The Morgan fingerprint density at radius 3 is 2.75 bits per heavy atom. The monoisotopic (exact) mass is 163 g/mol. The molecule has 0 aromatic rings. The van der Waals surface area contributed by atoms with Crippen molar-refractivity contribution in [2.24, 2.45) is 0 Å². The van der Waals surface area contributed by atoms with Crippen LogP contribution in [-0.4, -0.2) is 22.7 Å². The molecule has 0 unspecified atom stereocenters. The van der Waals surface area contributed by atoms with E-state index in [2.05, 4.69) is 24.6 Å². The largest absolute Gasteiger partial charge is 0.311 e.